The number of ether oxygens (including phenoxy) is 1. The van der Waals surface area contributed by atoms with E-state index in [2.05, 4.69) is 49.1 Å². The predicted octanol–water partition coefficient (Wildman–Crippen LogP) is 6.80. The fourth-order valence-corrected chi connectivity index (χ4v) is 4.91. The highest BCUT2D eigenvalue weighted by atomic mass is 79.9. The highest BCUT2D eigenvalue weighted by molar-refractivity contribution is 9.11. The number of rotatable bonds is 6. The number of nitrogens with zero attached hydrogens (tertiary/aromatic N) is 4. The van der Waals surface area contributed by atoms with E-state index in [1.807, 2.05) is 73.7 Å². The number of hydrogen-bond acceptors (Lipinski definition) is 5. The Morgan fingerprint density at radius 2 is 1.71 bits per heavy atom. The molecular weight excluding hydrogens is 570 g/mol. The molecule has 0 aliphatic rings. The minimum Gasteiger partial charge on any atom is -0.487 e. The third kappa shape index (κ3) is 5.30. The summed E-state index contributed by atoms with van der Waals surface area (Å²) >= 11 is 7.13. The maximum absolute atomic E-state index is 9.89. The molecule has 0 amide bonds. The number of aryl methyl sites for hydroxylation is 1. The summed E-state index contributed by atoms with van der Waals surface area (Å²) in [5.41, 5.74) is 10.5. The molecule has 2 N–H and O–H groups in total. The molecule has 3 aromatic carbocycles. The standard InChI is InChI=1S/C27H19Br2N5O/c1-17-7-9-18(10-8-17)16-35-26-23(28)12-19(13-24(26)29)11-20(14-30)25-22(15-31)27(32)34(33-25)21-5-3-2-4-6-21/h2-13H,16,32H2,1H3. The van der Waals surface area contributed by atoms with Crippen LogP contribution in [0.1, 0.15) is 27.9 Å². The lowest BCUT2D eigenvalue weighted by molar-refractivity contribution is 0.302. The van der Waals surface area contributed by atoms with E-state index >= 15 is 0 Å². The van der Waals surface area contributed by atoms with Gasteiger partial charge in [0.1, 0.15) is 41.6 Å². The van der Waals surface area contributed by atoms with Crippen molar-refractivity contribution in [2.45, 2.75) is 13.5 Å². The summed E-state index contributed by atoms with van der Waals surface area (Å²) in [6, 6.07) is 25.3. The van der Waals surface area contributed by atoms with Crippen molar-refractivity contribution >= 4 is 49.3 Å². The highest BCUT2D eigenvalue weighted by Gasteiger charge is 2.20. The van der Waals surface area contributed by atoms with Crippen molar-refractivity contribution in [2.75, 3.05) is 5.73 Å². The quantitative estimate of drug-likeness (QED) is 0.250. The number of para-hydroxylation sites is 1. The number of halogens is 2. The average Bonchev–Trinajstić information content (AvgIpc) is 3.19. The summed E-state index contributed by atoms with van der Waals surface area (Å²) in [4.78, 5) is 0. The van der Waals surface area contributed by atoms with Crippen molar-refractivity contribution in [3.8, 4) is 23.6 Å². The minimum absolute atomic E-state index is 0.151. The maximum atomic E-state index is 9.89. The zero-order chi connectivity index (χ0) is 24.9. The van der Waals surface area contributed by atoms with Crippen molar-refractivity contribution < 1.29 is 4.74 Å². The van der Waals surface area contributed by atoms with Gasteiger partial charge in [-0.3, -0.25) is 0 Å². The smallest absolute Gasteiger partial charge is 0.148 e. The average molecular weight is 589 g/mol. The first-order valence-corrected chi connectivity index (χ1v) is 12.1. The normalized spacial score (nSPS) is 11.1. The Hall–Kier alpha value is -3.85. The maximum Gasteiger partial charge on any atom is 0.148 e. The number of hydrogen-bond donors (Lipinski definition) is 1. The lowest BCUT2D eigenvalue weighted by atomic mass is 10.1. The van der Waals surface area contributed by atoms with Gasteiger partial charge >= 0.3 is 0 Å². The van der Waals surface area contributed by atoms with Crippen LogP contribution in [0.4, 0.5) is 5.82 Å². The molecule has 0 unspecified atom stereocenters. The fraction of sp³-hybridized carbons (Fsp3) is 0.0741. The molecule has 1 heterocycles. The van der Waals surface area contributed by atoms with E-state index in [1.165, 1.54) is 10.2 Å². The molecule has 35 heavy (non-hydrogen) atoms. The van der Waals surface area contributed by atoms with Gasteiger partial charge < -0.3 is 10.5 Å². The summed E-state index contributed by atoms with van der Waals surface area (Å²) in [5.74, 6) is 0.827. The Morgan fingerprint density at radius 1 is 1.06 bits per heavy atom. The first kappa shape index (κ1) is 24.3. The van der Waals surface area contributed by atoms with E-state index in [4.69, 9.17) is 10.5 Å². The Morgan fingerprint density at radius 3 is 2.31 bits per heavy atom. The predicted molar refractivity (Wildman–Crippen MR) is 144 cm³/mol. The Kier molecular flexibility index (Phi) is 7.36. The van der Waals surface area contributed by atoms with E-state index in [0.717, 1.165) is 20.1 Å². The van der Waals surface area contributed by atoms with Crippen molar-refractivity contribution in [3.05, 3.63) is 104 Å². The molecule has 0 aliphatic carbocycles. The van der Waals surface area contributed by atoms with Crippen molar-refractivity contribution in [1.29, 1.82) is 10.5 Å². The highest BCUT2D eigenvalue weighted by Crippen LogP contribution is 2.37. The fourth-order valence-electron chi connectivity index (χ4n) is 3.46. The third-order valence-electron chi connectivity index (χ3n) is 5.24. The van der Waals surface area contributed by atoms with Crippen LogP contribution in [0.3, 0.4) is 0 Å². The monoisotopic (exact) mass is 587 g/mol. The molecule has 0 saturated carbocycles. The SMILES string of the molecule is Cc1ccc(COc2c(Br)cc(C=C(C#N)c3nn(-c4ccccc4)c(N)c3C#N)cc2Br)cc1. The van der Waals surface area contributed by atoms with Crippen molar-refractivity contribution in [2.24, 2.45) is 0 Å². The number of nitriles is 2. The summed E-state index contributed by atoms with van der Waals surface area (Å²) in [6.45, 7) is 2.46. The molecule has 0 aliphatic heterocycles. The van der Waals surface area contributed by atoms with Crippen LogP contribution in [-0.2, 0) is 6.61 Å². The summed E-state index contributed by atoms with van der Waals surface area (Å²) in [7, 11) is 0. The zero-order valence-electron chi connectivity index (χ0n) is 18.7. The third-order valence-corrected chi connectivity index (χ3v) is 6.42. The molecule has 4 rings (SSSR count). The topological polar surface area (TPSA) is 101 Å². The number of anilines is 1. The Balaban J connectivity index is 1.66. The molecular formula is C27H19Br2N5O. The molecule has 4 aromatic rings. The van der Waals surface area contributed by atoms with Crippen LogP contribution in [0.2, 0.25) is 0 Å². The molecule has 172 valence electrons. The van der Waals surface area contributed by atoms with Crippen LogP contribution in [0.15, 0.2) is 75.7 Å². The van der Waals surface area contributed by atoms with Gasteiger partial charge in [0.2, 0.25) is 0 Å². The van der Waals surface area contributed by atoms with E-state index in [9.17, 15) is 10.5 Å². The number of benzene rings is 3. The molecule has 0 atom stereocenters. The van der Waals surface area contributed by atoms with Gasteiger partial charge in [0.25, 0.3) is 0 Å². The first-order valence-electron chi connectivity index (χ1n) is 10.5. The zero-order valence-corrected chi connectivity index (χ0v) is 21.8. The van der Waals surface area contributed by atoms with Crippen molar-refractivity contribution in [3.63, 3.8) is 0 Å². The summed E-state index contributed by atoms with van der Waals surface area (Å²) in [6.07, 6.45) is 1.66. The second-order valence-corrected chi connectivity index (χ2v) is 9.43. The molecule has 8 heteroatoms. The van der Waals surface area contributed by atoms with Gasteiger partial charge in [-0.05, 0) is 80.3 Å². The van der Waals surface area contributed by atoms with Gasteiger partial charge in [-0.2, -0.15) is 15.6 Å². The van der Waals surface area contributed by atoms with Gasteiger partial charge in [-0.1, -0.05) is 48.0 Å². The molecule has 1 aromatic heterocycles. The van der Waals surface area contributed by atoms with Gasteiger partial charge in [0.15, 0.2) is 0 Å². The molecule has 0 bridgehead atoms. The molecule has 6 nitrogen and oxygen atoms in total. The molecule has 0 radical (unpaired) electrons. The summed E-state index contributed by atoms with van der Waals surface area (Å²) < 4.78 is 8.92. The van der Waals surface area contributed by atoms with Crippen LogP contribution in [0.25, 0.3) is 17.3 Å². The van der Waals surface area contributed by atoms with E-state index in [0.29, 0.717) is 18.0 Å². The lowest BCUT2D eigenvalue weighted by Gasteiger charge is -2.12. The van der Waals surface area contributed by atoms with Crippen LogP contribution in [0.5, 0.6) is 5.75 Å². The number of nitrogen functional groups attached to an aromatic ring is 1. The van der Waals surface area contributed by atoms with Gasteiger partial charge in [0.05, 0.1) is 20.2 Å². The second kappa shape index (κ2) is 10.6. The molecule has 0 fully saturated rings. The first-order chi connectivity index (χ1) is 16.9. The van der Waals surface area contributed by atoms with Crippen LogP contribution in [-0.4, -0.2) is 9.78 Å². The van der Waals surface area contributed by atoms with E-state index in [-0.39, 0.29) is 22.6 Å². The van der Waals surface area contributed by atoms with E-state index < -0.39 is 0 Å². The lowest BCUT2D eigenvalue weighted by Crippen LogP contribution is -2.02. The summed E-state index contributed by atoms with van der Waals surface area (Å²) in [5, 5.41) is 24.1. The largest absolute Gasteiger partial charge is 0.487 e. The van der Waals surface area contributed by atoms with Crippen molar-refractivity contribution in [1.82, 2.24) is 9.78 Å². The van der Waals surface area contributed by atoms with Crippen LogP contribution >= 0.6 is 31.9 Å². The van der Waals surface area contributed by atoms with E-state index in [1.54, 1.807) is 6.08 Å². The molecule has 0 spiro atoms. The van der Waals surface area contributed by atoms with Gasteiger partial charge in [-0.15, -0.1) is 0 Å². The van der Waals surface area contributed by atoms with Crippen LogP contribution < -0.4 is 10.5 Å². The Bertz CT molecular complexity index is 1470. The van der Waals surface area contributed by atoms with Gasteiger partial charge in [-0.25, -0.2) is 4.68 Å². The number of allylic oxidation sites excluding steroid dienone is 1. The number of nitrogens with two attached hydrogens (primary N) is 1. The number of aromatic nitrogens is 2. The second-order valence-electron chi connectivity index (χ2n) is 7.73. The Labute approximate surface area is 220 Å². The minimum atomic E-state index is 0.151. The van der Waals surface area contributed by atoms with Gasteiger partial charge in [0, 0.05) is 0 Å². The van der Waals surface area contributed by atoms with Crippen LogP contribution in [0, 0.1) is 29.6 Å². The molecule has 0 saturated heterocycles.